The predicted molar refractivity (Wildman–Crippen MR) is 313 cm³/mol. The van der Waals surface area contributed by atoms with Crippen LogP contribution in [0.1, 0.15) is 33.4 Å². The quantitative estimate of drug-likeness (QED) is 0.129. The molecule has 1 aliphatic heterocycles. The molecule has 352 valence electrons. The molecule has 13 aromatic rings. The number of nitrogens with zero attached hydrogens (tertiary/aromatic N) is 3. The highest BCUT2D eigenvalue weighted by atomic mass is 32.1. The topological polar surface area (TPSA) is 56.4 Å². The van der Waals surface area contributed by atoms with Gasteiger partial charge in [-0.25, -0.2) is 4.99 Å². The second-order valence-corrected chi connectivity index (χ2v) is 20.6. The average molecular weight is 976 g/mol. The van der Waals surface area contributed by atoms with Crippen LogP contribution in [0.3, 0.4) is 0 Å². The molecule has 0 saturated heterocycles. The smallest absolute Gasteiger partial charge is 0.154 e. The molecule has 15 rings (SSSR count). The average Bonchev–Trinajstić information content (AvgIpc) is 4.35. The molecular weight excluding hydrogens is 931 g/mol. The van der Waals surface area contributed by atoms with E-state index in [-0.39, 0.29) is 5.84 Å². The summed E-state index contributed by atoms with van der Waals surface area (Å²) in [7, 11) is 0. The van der Waals surface area contributed by atoms with E-state index in [4.69, 9.17) is 4.99 Å². The lowest BCUT2D eigenvalue weighted by atomic mass is 9.64. The second kappa shape index (κ2) is 17.0. The summed E-state index contributed by atoms with van der Waals surface area (Å²) < 4.78 is 4.98. The van der Waals surface area contributed by atoms with Gasteiger partial charge in [-0.1, -0.05) is 206 Å². The van der Waals surface area contributed by atoms with Gasteiger partial charge in [-0.15, -0.1) is 11.3 Å². The van der Waals surface area contributed by atoms with Crippen molar-refractivity contribution >= 4 is 76.4 Å². The van der Waals surface area contributed by atoms with Crippen LogP contribution in [0.25, 0.3) is 81.0 Å². The van der Waals surface area contributed by atoms with Crippen LogP contribution in [-0.2, 0) is 5.41 Å². The Balaban J connectivity index is 0.971. The van der Waals surface area contributed by atoms with Crippen molar-refractivity contribution in [3.05, 3.63) is 294 Å². The van der Waals surface area contributed by atoms with Gasteiger partial charge < -0.3 is 4.57 Å². The Bertz CT molecular complexity index is 4480. The lowest BCUT2D eigenvalue weighted by molar-refractivity contribution is 0.728. The molecule has 1 unspecified atom stereocenters. The molecule has 0 bridgehead atoms. The van der Waals surface area contributed by atoms with Gasteiger partial charge in [0.2, 0.25) is 0 Å². The third-order valence-electron chi connectivity index (χ3n) is 15.5. The predicted octanol–water partition coefficient (Wildman–Crippen LogP) is 17.3. The lowest BCUT2D eigenvalue weighted by Crippen LogP contribution is -2.46. The molecular formula is C69H45N5S. The van der Waals surface area contributed by atoms with E-state index in [1.807, 2.05) is 59.9 Å². The normalized spacial score (nSPS) is 14.6. The van der Waals surface area contributed by atoms with Gasteiger partial charge >= 0.3 is 0 Å². The molecule has 1 spiro atoms. The first-order valence-electron chi connectivity index (χ1n) is 25.4. The second-order valence-electron chi connectivity index (χ2n) is 19.5. The summed E-state index contributed by atoms with van der Waals surface area (Å²) >= 11 is 1.87. The van der Waals surface area contributed by atoms with Gasteiger partial charge in [-0.05, 0) is 110 Å². The Labute approximate surface area is 438 Å². The Morgan fingerprint density at radius 1 is 0.427 bits per heavy atom. The highest BCUT2D eigenvalue weighted by molar-refractivity contribution is 7.26. The van der Waals surface area contributed by atoms with Crippen LogP contribution in [0.5, 0.6) is 0 Å². The SMILES string of the molecule is N=C(N=C(NN1c2ccccc2C2(c3ccccc3-c3c2ccc2sc4ccccc4c32)c2ccc(-c3ccc4c(c3)c3ccccc3n4-c3cccc(-c4ccccc4)c3)cc21)c1ccccc1)c1ccccc1. The number of anilines is 2. The van der Waals surface area contributed by atoms with E-state index in [9.17, 15) is 5.41 Å². The summed E-state index contributed by atoms with van der Waals surface area (Å²) in [5.41, 5.74) is 22.2. The molecule has 0 fully saturated rings. The summed E-state index contributed by atoms with van der Waals surface area (Å²) in [6, 6.07) is 93.8. The number of hydrazine groups is 1. The van der Waals surface area contributed by atoms with Crippen molar-refractivity contribution in [3.63, 3.8) is 0 Å². The first kappa shape index (κ1) is 43.0. The minimum absolute atomic E-state index is 0.169. The summed E-state index contributed by atoms with van der Waals surface area (Å²) in [5, 5.41) is 16.6. The molecule has 6 heteroatoms. The number of aromatic nitrogens is 1. The number of rotatable bonds is 6. The summed E-state index contributed by atoms with van der Waals surface area (Å²) in [4.78, 5) is 5.11. The summed E-state index contributed by atoms with van der Waals surface area (Å²) in [5.74, 6) is 0.735. The Kier molecular flexibility index (Phi) is 9.74. The third-order valence-corrected chi connectivity index (χ3v) is 16.6. The molecule has 2 N–H and O–H groups in total. The molecule has 11 aromatic carbocycles. The number of para-hydroxylation sites is 2. The van der Waals surface area contributed by atoms with Gasteiger partial charge in [0, 0.05) is 47.8 Å². The fraction of sp³-hybridized carbons (Fsp3) is 0.0145. The highest BCUT2D eigenvalue weighted by Gasteiger charge is 2.52. The zero-order valence-corrected chi connectivity index (χ0v) is 41.4. The van der Waals surface area contributed by atoms with Crippen LogP contribution >= 0.6 is 11.3 Å². The number of fused-ring (bicyclic) bond motifs is 16. The minimum atomic E-state index is -0.682. The molecule has 1 aliphatic carbocycles. The number of thiophene rings is 1. The number of amidine groups is 2. The number of nitrogens with one attached hydrogen (secondary N) is 2. The van der Waals surface area contributed by atoms with Crippen LogP contribution in [0, 0.1) is 5.41 Å². The van der Waals surface area contributed by atoms with Crippen molar-refractivity contribution < 1.29 is 0 Å². The number of benzene rings is 11. The van der Waals surface area contributed by atoms with E-state index in [2.05, 4.69) is 227 Å². The van der Waals surface area contributed by atoms with Gasteiger partial charge in [0.15, 0.2) is 11.7 Å². The van der Waals surface area contributed by atoms with E-state index < -0.39 is 5.41 Å². The van der Waals surface area contributed by atoms with Gasteiger partial charge in [0.25, 0.3) is 0 Å². The maximum Gasteiger partial charge on any atom is 0.154 e. The molecule has 2 aliphatic rings. The van der Waals surface area contributed by atoms with Gasteiger partial charge in [0.1, 0.15) is 0 Å². The van der Waals surface area contributed by atoms with Crippen molar-refractivity contribution in [3.8, 4) is 39.1 Å². The van der Waals surface area contributed by atoms with Crippen molar-refractivity contribution in [2.24, 2.45) is 4.99 Å². The van der Waals surface area contributed by atoms with Crippen molar-refractivity contribution in [1.82, 2.24) is 9.99 Å². The Morgan fingerprint density at radius 2 is 1.04 bits per heavy atom. The van der Waals surface area contributed by atoms with Gasteiger partial charge in [-0.2, -0.15) is 0 Å². The summed E-state index contributed by atoms with van der Waals surface area (Å²) in [6.07, 6.45) is 0. The monoisotopic (exact) mass is 975 g/mol. The van der Waals surface area contributed by atoms with Crippen molar-refractivity contribution in [2.45, 2.75) is 5.41 Å². The van der Waals surface area contributed by atoms with Crippen LogP contribution in [0.2, 0.25) is 0 Å². The molecule has 75 heavy (non-hydrogen) atoms. The van der Waals surface area contributed by atoms with Crippen LogP contribution in [-0.4, -0.2) is 16.2 Å². The van der Waals surface area contributed by atoms with Crippen LogP contribution in [0.15, 0.2) is 266 Å². The van der Waals surface area contributed by atoms with E-state index in [1.54, 1.807) is 0 Å². The molecule has 0 saturated carbocycles. The zero-order chi connectivity index (χ0) is 49.6. The molecule has 5 nitrogen and oxygen atoms in total. The maximum atomic E-state index is 9.35. The molecule has 2 aromatic heterocycles. The molecule has 0 amide bonds. The Morgan fingerprint density at radius 3 is 1.88 bits per heavy atom. The zero-order valence-electron chi connectivity index (χ0n) is 40.6. The largest absolute Gasteiger partial charge is 0.309 e. The van der Waals surface area contributed by atoms with E-state index in [0.717, 1.165) is 55.9 Å². The van der Waals surface area contributed by atoms with Crippen molar-refractivity contribution in [1.29, 1.82) is 5.41 Å². The van der Waals surface area contributed by atoms with E-state index >= 15 is 0 Å². The molecule has 3 heterocycles. The van der Waals surface area contributed by atoms with E-state index in [1.165, 1.54) is 69.9 Å². The van der Waals surface area contributed by atoms with Crippen LogP contribution in [0.4, 0.5) is 11.4 Å². The molecule has 0 radical (unpaired) electrons. The summed E-state index contributed by atoms with van der Waals surface area (Å²) in [6.45, 7) is 0. The Hall–Kier alpha value is -9.62. The highest BCUT2D eigenvalue weighted by Crippen LogP contribution is 2.64. The maximum absolute atomic E-state index is 9.35. The fourth-order valence-corrected chi connectivity index (χ4v) is 13.4. The molecule has 1 atom stereocenters. The number of aliphatic imine (C=N–C) groups is 1. The first-order chi connectivity index (χ1) is 37.1. The van der Waals surface area contributed by atoms with Gasteiger partial charge in [-0.3, -0.25) is 15.8 Å². The lowest BCUT2D eigenvalue weighted by Gasteiger charge is -2.45. The number of hydrogen-bond donors (Lipinski definition) is 2. The minimum Gasteiger partial charge on any atom is -0.309 e. The van der Waals surface area contributed by atoms with Gasteiger partial charge in [0.05, 0.1) is 27.8 Å². The number of hydrogen-bond acceptors (Lipinski definition) is 3. The standard InChI is InChI=1S/C69H45N5S/c70-67(45-21-6-2-7-22-45)71-68(46-23-8-3-9-24-46)72-74-61-33-16-14-31-56(61)69(55-30-13-10-28-52(55)65-58(69)38-40-64-66(65)53-29-12-17-34-63(53)75-64)57-37-35-49(43-62(57)74)48-36-39-60-54(42-48)51-27-11-15-32-59(51)73(60)50-26-18-25-47(41-50)44-19-4-1-5-20-44/h1-43H,(H2,70,71,72). The van der Waals surface area contributed by atoms with Crippen LogP contribution < -0.4 is 10.4 Å². The van der Waals surface area contributed by atoms with Crippen molar-refractivity contribution in [2.75, 3.05) is 5.01 Å². The third kappa shape index (κ3) is 6.56. The fourth-order valence-electron chi connectivity index (χ4n) is 12.3. The van der Waals surface area contributed by atoms with E-state index in [0.29, 0.717) is 5.84 Å². The first-order valence-corrected chi connectivity index (χ1v) is 26.3.